The van der Waals surface area contributed by atoms with Crippen LogP contribution in [0.25, 0.3) is 0 Å². The van der Waals surface area contributed by atoms with Gasteiger partial charge in [0.05, 0.1) is 7.11 Å². The summed E-state index contributed by atoms with van der Waals surface area (Å²) in [5.41, 5.74) is 0. The van der Waals surface area contributed by atoms with Gasteiger partial charge in [-0.1, -0.05) is 5.16 Å². The molecule has 0 aromatic carbocycles. The third-order valence-corrected chi connectivity index (χ3v) is 0.748. The number of ether oxygens (including phenoxy) is 2. The van der Waals surface area contributed by atoms with Crippen LogP contribution < -0.4 is 0 Å². The predicted molar refractivity (Wildman–Crippen MR) is 33.0 cm³/mol. The van der Waals surface area contributed by atoms with Crippen molar-refractivity contribution in [3.8, 4) is 0 Å². The number of carbonyl (C=O) groups is 2. The lowest BCUT2D eigenvalue weighted by atomic mass is 10.4. The van der Waals surface area contributed by atoms with E-state index in [1.807, 2.05) is 0 Å². The summed E-state index contributed by atoms with van der Waals surface area (Å²) in [6.07, 6.45) is 0.0216. The summed E-state index contributed by atoms with van der Waals surface area (Å²) in [6, 6.07) is 0. The van der Waals surface area contributed by atoms with Gasteiger partial charge in [0.25, 0.3) is 0 Å². The molecule has 0 atom stereocenters. The maximum atomic E-state index is 10.4. The van der Waals surface area contributed by atoms with Crippen LogP contribution in [0.2, 0.25) is 0 Å². The van der Waals surface area contributed by atoms with E-state index in [0.29, 0.717) is 6.40 Å². The van der Waals surface area contributed by atoms with Gasteiger partial charge in [0.15, 0.2) is 0 Å². The number of nitrogens with zero attached hydrogens (tertiary/aromatic N) is 1. The average molecular weight is 161 g/mol. The minimum atomic E-state index is -0.838. The fraction of sp³-hybridized carbons (Fsp3) is 0.400. The largest absolute Gasteiger partial charge is 0.469 e. The highest BCUT2D eigenvalue weighted by Crippen LogP contribution is 1.86. The molecule has 0 spiro atoms. The Morgan fingerprint density at radius 3 is 2.64 bits per heavy atom. The lowest BCUT2D eigenvalue weighted by Crippen LogP contribution is -2.11. The highest BCUT2D eigenvalue weighted by molar-refractivity contribution is 5.93. The molecule has 0 aliphatic rings. The van der Waals surface area contributed by atoms with Gasteiger partial charge in [-0.25, -0.2) is 0 Å². The Kier molecular flexibility index (Phi) is 4.46. The molecule has 0 aromatic rings. The van der Waals surface area contributed by atoms with Crippen LogP contribution in [0, 0.1) is 0 Å². The van der Waals surface area contributed by atoms with Crippen molar-refractivity contribution in [1.82, 2.24) is 0 Å². The number of carbonyl (C=O) groups excluding carboxylic acids is 2. The van der Waals surface area contributed by atoms with E-state index >= 15 is 0 Å². The fourth-order valence-electron chi connectivity index (χ4n) is 0.314. The van der Waals surface area contributed by atoms with E-state index in [1.54, 1.807) is 0 Å². The van der Waals surface area contributed by atoms with E-state index in [9.17, 15) is 9.59 Å². The van der Waals surface area contributed by atoms with Gasteiger partial charge in [-0.3, -0.25) is 9.59 Å². The summed E-state index contributed by atoms with van der Waals surface area (Å²) in [7, 11) is 1.15. The molecule has 0 heterocycles. The summed E-state index contributed by atoms with van der Waals surface area (Å²) in [5.74, 6) is -1.55. The molecule has 0 aliphatic carbocycles. The Morgan fingerprint density at radius 2 is 2.18 bits per heavy atom. The van der Waals surface area contributed by atoms with Crippen molar-refractivity contribution < 1.29 is 24.3 Å². The van der Waals surface area contributed by atoms with E-state index < -0.39 is 18.4 Å². The van der Waals surface area contributed by atoms with E-state index in [1.165, 1.54) is 0 Å². The SMILES string of the molecule is COC(=O)CC(=O)O/C=N/O. The molecule has 0 bridgehead atoms. The predicted octanol–water partition coefficient (Wildman–Crippen LogP) is -0.490. The highest BCUT2D eigenvalue weighted by Gasteiger charge is 2.09. The molecule has 0 aromatic heterocycles. The first-order valence-electron chi connectivity index (χ1n) is 2.63. The summed E-state index contributed by atoms with van der Waals surface area (Å²) in [6.45, 7) is 0. The van der Waals surface area contributed by atoms with Gasteiger partial charge in [0.1, 0.15) is 6.42 Å². The van der Waals surface area contributed by atoms with Crippen LogP contribution in [0.5, 0.6) is 0 Å². The molecule has 11 heavy (non-hydrogen) atoms. The molecule has 0 aliphatic heterocycles. The Bertz CT molecular complexity index is 176. The molecule has 6 heteroatoms. The first kappa shape index (κ1) is 9.41. The monoisotopic (exact) mass is 161 g/mol. The second-order valence-corrected chi connectivity index (χ2v) is 1.46. The van der Waals surface area contributed by atoms with Crippen LogP contribution in [0.1, 0.15) is 6.42 Å². The average Bonchev–Trinajstić information content (AvgIpc) is 2.00. The Hall–Kier alpha value is -1.59. The molecule has 0 amide bonds. The summed E-state index contributed by atoms with van der Waals surface area (Å²) < 4.78 is 8.24. The van der Waals surface area contributed by atoms with Gasteiger partial charge in [0.2, 0.25) is 6.40 Å². The Morgan fingerprint density at radius 1 is 1.55 bits per heavy atom. The zero-order valence-corrected chi connectivity index (χ0v) is 5.81. The van der Waals surface area contributed by atoms with Gasteiger partial charge >= 0.3 is 11.9 Å². The highest BCUT2D eigenvalue weighted by atomic mass is 16.6. The van der Waals surface area contributed by atoms with Crippen LogP contribution in [-0.2, 0) is 19.1 Å². The van der Waals surface area contributed by atoms with Crippen molar-refractivity contribution >= 4 is 18.3 Å². The molecule has 6 nitrogen and oxygen atoms in total. The molecule has 0 rings (SSSR count). The van der Waals surface area contributed by atoms with Crippen molar-refractivity contribution in [1.29, 1.82) is 0 Å². The Balaban J connectivity index is 3.60. The second-order valence-electron chi connectivity index (χ2n) is 1.46. The molecular weight excluding hydrogens is 154 g/mol. The van der Waals surface area contributed by atoms with Gasteiger partial charge < -0.3 is 14.7 Å². The molecule has 0 fully saturated rings. The van der Waals surface area contributed by atoms with Crippen LogP contribution in [-0.4, -0.2) is 30.7 Å². The molecular formula is C5H7NO5. The van der Waals surface area contributed by atoms with E-state index in [-0.39, 0.29) is 0 Å². The third-order valence-electron chi connectivity index (χ3n) is 0.748. The quantitative estimate of drug-likeness (QED) is 0.151. The fourth-order valence-corrected chi connectivity index (χ4v) is 0.314. The van der Waals surface area contributed by atoms with Crippen LogP contribution >= 0.6 is 0 Å². The summed E-state index contributed by atoms with van der Waals surface area (Å²) in [4.78, 5) is 20.8. The number of hydrogen-bond acceptors (Lipinski definition) is 6. The van der Waals surface area contributed by atoms with Crippen LogP contribution in [0.15, 0.2) is 5.16 Å². The van der Waals surface area contributed by atoms with E-state index in [2.05, 4.69) is 14.6 Å². The van der Waals surface area contributed by atoms with Crippen LogP contribution in [0.4, 0.5) is 0 Å². The number of hydrogen-bond donors (Lipinski definition) is 1. The summed E-state index contributed by atoms with van der Waals surface area (Å²) in [5, 5.41) is 10.2. The van der Waals surface area contributed by atoms with Crippen molar-refractivity contribution in [2.75, 3.05) is 7.11 Å². The molecule has 1 N–H and O–H groups in total. The lowest BCUT2D eigenvalue weighted by molar-refractivity contribution is -0.148. The van der Waals surface area contributed by atoms with Crippen molar-refractivity contribution in [2.45, 2.75) is 6.42 Å². The zero-order chi connectivity index (χ0) is 8.69. The molecule has 0 unspecified atom stereocenters. The molecule has 0 radical (unpaired) electrons. The number of methoxy groups -OCH3 is 1. The maximum Gasteiger partial charge on any atom is 0.323 e. The van der Waals surface area contributed by atoms with Crippen molar-refractivity contribution in [3.05, 3.63) is 0 Å². The molecule has 62 valence electrons. The standard InChI is InChI=1S/C5H7NO5/c1-10-4(7)2-5(8)11-3-6-9/h3,9H,2H2,1H3/b6-3+. The molecule has 0 saturated heterocycles. The van der Waals surface area contributed by atoms with Gasteiger partial charge in [0, 0.05) is 0 Å². The maximum absolute atomic E-state index is 10.4. The van der Waals surface area contributed by atoms with Crippen molar-refractivity contribution in [3.63, 3.8) is 0 Å². The van der Waals surface area contributed by atoms with E-state index in [4.69, 9.17) is 5.21 Å². The zero-order valence-electron chi connectivity index (χ0n) is 5.81. The topological polar surface area (TPSA) is 85.2 Å². The normalized spacial score (nSPS) is 9.55. The minimum Gasteiger partial charge on any atom is -0.469 e. The first-order chi connectivity index (χ1) is 5.20. The number of oxime groups is 1. The summed E-state index contributed by atoms with van der Waals surface area (Å²) >= 11 is 0. The smallest absolute Gasteiger partial charge is 0.323 e. The number of esters is 2. The van der Waals surface area contributed by atoms with Crippen molar-refractivity contribution in [2.24, 2.45) is 5.16 Å². The lowest BCUT2D eigenvalue weighted by Gasteiger charge is -1.95. The third kappa shape index (κ3) is 4.89. The van der Waals surface area contributed by atoms with Gasteiger partial charge in [-0.05, 0) is 0 Å². The van der Waals surface area contributed by atoms with Gasteiger partial charge in [-0.15, -0.1) is 0 Å². The Labute approximate surface area is 62.4 Å². The minimum absolute atomic E-state index is 0.498. The number of rotatable bonds is 3. The van der Waals surface area contributed by atoms with E-state index in [0.717, 1.165) is 7.11 Å². The van der Waals surface area contributed by atoms with Gasteiger partial charge in [-0.2, -0.15) is 0 Å². The molecule has 0 saturated carbocycles. The first-order valence-corrected chi connectivity index (χ1v) is 2.63. The second kappa shape index (κ2) is 5.21. The van der Waals surface area contributed by atoms with Crippen LogP contribution in [0.3, 0.4) is 0 Å².